The molecule has 0 aliphatic heterocycles. The van der Waals surface area contributed by atoms with Crippen LogP contribution in [0.2, 0.25) is 0 Å². The van der Waals surface area contributed by atoms with Crippen LogP contribution in [0.3, 0.4) is 0 Å². The maximum absolute atomic E-state index is 4.50. The lowest BCUT2D eigenvalue weighted by Crippen LogP contribution is -2.17. The van der Waals surface area contributed by atoms with Gasteiger partial charge in [-0.2, -0.15) is 0 Å². The third kappa shape index (κ3) is 3.55. The second-order valence-corrected chi connectivity index (χ2v) is 5.88. The monoisotopic (exact) mass is 275 g/mol. The van der Waals surface area contributed by atoms with Crippen LogP contribution in [0.5, 0.6) is 0 Å². The van der Waals surface area contributed by atoms with E-state index in [4.69, 9.17) is 0 Å². The predicted molar refractivity (Wildman–Crippen MR) is 82.9 cm³/mol. The van der Waals surface area contributed by atoms with E-state index in [0.717, 1.165) is 17.2 Å². The maximum Gasteiger partial charge on any atom is 0.0898 e. The molecule has 0 saturated carbocycles. The molecule has 102 valence electrons. The second kappa shape index (κ2) is 6.17. The normalized spacial score (nSPS) is 12.4. The fourth-order valence-corrected chi connectivity index (χ4v) is 2.60. The molecule has 2 rings (SSSR count). The number of aryl methyl sites for hydroxylation is 1. The molecule has 1 heterocycles. The molecule has 1 aromatic heterocycles. The number of aromatic nitrogens is 1. The maximum atomic E-state index is 4.50. The highest BCUT2D eigenvalue weighted by Gasteiger charge is 2.06. The first-order valence-corrected chi connectivity index (χ1v) is 7.37. The Morgan fingerprint density at radius 2 is 2.00 bits per heavy atom. The first kappa shape index (κ1) is 14.0. The quantitative estimate of drug-likeness (QED) is 0.907. The molecule has 0 amide bonds. The van der Waals surface area contributed by atoms with Gasteiger partial charge in [-0.15, -0.1) is 11.3 Å². The third-order valence-corrected chi connectivity index (χ3v) is 4.15. The van der Waals surface area contributed by atoms with Crippen LogP contribution >= 0.6 is 11.3 Å². The van der Waals surface area contributed by atoms with Crippen LogP contribution < -0.4 is 10.2 Å². The Balaban J connectivity index is 2.05. The Labute approximate surface area is 119 Å². The molecule has 0 fully saturated rings. The molecule has 1 N–H and O–H groups in total. The lowest BCUT2D eigenvalue weighted by atomic mass is 10.1. The largest absolute Gasteiger partial charge is 0.369 e. The van der Waals surface area contributed by atoms with Crippen LogP contribution in [0, 0.1) is 6.92 Å². The molecule has 1 atom stereocenters. The second-order valence-electron chi connectivity index (χ2n) is 4.82. The molecule has 2 aromatic rings. The Morgan fingerprint density at radius 1 is 1.32 bits per heavy atom. The third-order valence-electron chi connectivity index (χ3n) is 3.33. The Hall–Kier alpha value is -1.39. The molecule has 0 spiro atoms. The number of hydrogen-bond donors (Lipinski definition) is 1. The van der Waals surface area contributed by atoms with Gasteiger partial charge in [-0.1, -0.05) is 12.1 Å². The van der Waals surface area contributed by atoms with Crippen molar-refractivity contribution in [1.29, 1.82) is 0 Å². The van der Waals surface area contributed by atoms with Gasteiger partial charge in [0.2, 0.25) is 0 Å². The van der Waals surface area contributed by atoms with Crippen molar-refractivity contribution < 1.29 is 0 Å². The zero-order chi connectivity index (χ0) is 13.8. The summed E-state index contributed by atoms with van der Waals surface area (Å²) in [4.78, 5) is 6.73. The van der Waals surface area contributed by atoms with Gasteiger partial charge in [0.1, 0.15) is 0 Å². The van der Waals surface area contributed by atoms with E-state index in [1.54, 1.807) is 11.3 Å². The van der Waals surface area contributed by atoms with E-state index in [-0.39, 0.29) is 0 Å². The van der Waals surface area contributed by atoms with Crippen LogP contribution in [0.1, 0.15) is 29.2 Å². The van der Waals surface area contributed by atoms with Crippen LogP contribution in [0.25, 0.3) is 0 Å². The van der Waals surface area contributed by atoms with Crippen molar-refractivity contribution >= 4 is 17.0 Å². The molecule has 0 bridgehead atoms. The number of benzene rings is 1. The number of thiazole rings is 1. The van der Waals surface area contributed by atoms with Gasteiger partial charge in [0.05, 0.1) is 17.2 Å². The van der Waals surface area contributed by atoms with E-state index in [2.05, 4.69) is 58.8 Å². The molecule has 0 aliphatic rings. The highest BCUT2D eigenvalue weighted by molar-refractivity contribution is 7.09. The molecular weight excluding hydrogens is 254 g/mol. The summed E-state index contributed by atoms with van der Waals surface area (Å²) in [6.45, 7) is 5.06. The lowest BCUT2D eigenvalue weighted by molar-refractivity contribution is 0.652. The zero-order valence-corrected chi connectivity index (χ0v) is 12.8. The highest BCUT2D eigenvalue weighted by atomic mass is 32.1. The number of rotatable bonds is 5. The van der Waals surface area contributed by atoms with Gasteiger partial charge in [0, 0.05) is 24.2 Å². The smallest absolute Gasteiger partial charge is 0.0898 e. The van der Waals surface area contributed by atoms with Crippen LogP contribution in [-0.2, 0) is 6.54 Å². The summed E-state index contributed by atoms with van der Waals surface area (Å²) in [7, 11) is 4.08. The van der Waals surface area contributed by atoms with Gasteiger partial charge in [0.25, 0.3) is 0 Å². The zero-order valence-electron chi connectivity index (χ0n) is 12.0. The number of hydrogen-bond acceptors (Lipinski definition) is 4. The fourth-order valence-electron chi connectivity index (χ4n) is 2.00. The fraction of sp³-hybridized carbons (Fsp3) is 0.400. The van der Waals surface area contributed by atoms with Gasteiger partial charge >= 0.3 is 0 Å². The average Bonchev–Trinajstić information content (AvgIpc) is 2.83. The van der Waals surface area contributed by atoms with Crippen molar-refractivity contribution in [1.82, 2.24) is 10.3 Å². The van der Waals surface area contributed by atoms with Crippen LogP contribution in [0.4, 0.5) is 5.69 Å². The Morgan fingerprint density at radius 3 is 2.53 bits per heavy atom. The summed E-state index contributed by atoms with van der Waals surface area (Å²) in [5.41, 5.74) is 3.67. The summed E-state index contributed by atoms with van der Waals surface area (Å²) in [5, 5.41) is 6.50. The van der Waals surface area contributed by atoms with Crippen molar-refractivity contribution in [3.8, 4) is 0 Å². The molecule has 19 heavy (non-hydrogen) atoms. The topological polar surface area (TPSA) is 28.2 Å². The van der Waals surface area contributed by atoms with Gasteiger partial charge in [-0.25, -0.2) is 4.98 Å². The van der Waals surface area contributed by atoms with Crippen molar-refractivity contribution in [2.45, 2.75) is 26.4 Å². The van der Waals surface area contributed by atoms with Gasteiger partial charge in [-0.05, 0) is 38.6 Å². The van der Waals surface area contributed by atoms with Gasteiger partial charge in [0.15, 0.2) is 0 Å². The van der Waals surface area contributed by atoms with E-state index in [1.807, 2.05) is 14.0 Å². The van der Waals surface area contributed by atoms with E-state index in [1.165, 1.54) is 11.3 Å². The van der Waals surface area contributed by atoms with Gasteiger partial charge in [-0.3, -0.25) is 0 Å². The SMILES string of the molecule is CNC(C)c1ccc(N(C)Cc2csc(C)n2)cc1. The number of anilines is 1. The molecule has 0 radical (unpaired) electrons. The summed E-state index contributed by atoms with van der Waals surface area (Å²) < 4.78 is 0. The minimum absolute atomic E-state index is 0.389. The first-order valence-electron chi connectivity index (χ1n) is 6.49. The van der Waals surface area contributed by atoms with Crippen molar-refractivity contribution in [2.24, 2.45) is 0 Å². The van der Waals surface area contributed by atoms with Gasteiger partial charge < -0.3 is 10.2 Å². The molecule has 3 nitrogen and oxygen atoms in total. The molecule has 0 aliphatic carbocycles. The van der Waals surface area contributed by atoms with E-state index in [0.29, 0.717) is 6.04 Å². The van der Waals surface area contributed by atoms with Crippen LogP contribution in [-0.4, -0.2) is 19.1 Å². The summed E-state index contributed by atoms with van der Waals surface area (Å²) >= 11 is 1.70. The van der Waals surface area contributed by atoms with Crippen molar-refractivity contribution in [2.75, 3.05) is 19.0 Å². The summed E-state index contributed by atoms with van der Waals surface area (Å²) in [5.74, 6) is 0. The predicted octanol–water partition coefficient (Wildman–Crippen LogP) is 3.37. The van der Waals surface area contributed by atoms with E-state index < -0.39 is 0 Å². The van der Waals surface area contributed by atoms with E-state index >= 15 is 0 Å². The van der Waals surface area contributed by atoms with Crippen LogP contribution in [0.15, 0.2) is 29.6 Å². The molecular formula is C15H21N3S. The highest BCUT2D eigenvalue weighted by Crippen LogP contribution is 2.20. The molecule has 0 saturated heterocycles. The van der Waals surface area contributed by atoms with E-state index in [9.17, 15) is 0 Å². The van der Waals surface area contributed by atoms with Crippen molar-refractivity contribution in [3.05, 3.63) is 45.9 Å². The molecule has 1 unspecified atom stereocenters. The van der Waals surface area contributed by atoms with Crippen molar-refractivity contribution in [3.63, 3.8) is 0 Å². The standard InChI is InChI=1S/C15H21N3S/c1-11(16-3)13-5-7-15(8-6-13)18(4)9-14-10-19-12(2)17-14/h5-8,10-11,16H,9H2,1-4H3. The number of nitrogens with zero attached hydrogens (tertiary/aromatic N) is 2. The summed E-state index contributed by atoms with van der Waals surface area (Å²) in [6.07, 6.45) is 0. The first-order chi connectivity index (χ1) is 9.10. The number of nitrogens with one attached hydrogen (secondary N) is 1. The Bertz CT molecular complexity index is 518. The minimum atomic E-state index is 0.389. The summed E-state index contributed by atoms with van der Waals surface area (Å²) in [6, 6.07) is 9.09. The lowest BCUT2D eigenvalue weighted by Gasteiger charge is -2.19. The molecule has 4 heteroatoms. The molecule has 1 aromatic carbocycles. The average molecular weight is 275 g/mol. The Kier molecular flexibility index (Phi) is 4.56. The minimum Gasteiger partial charge on any atom is -0.369 e.